The number of rotatable bonds is 3. The second-order valence-corrected chi connectivity index (χ2v) is 4.17. The van der Waals surface area contributed by atoms with Crippen LogP contribution in [0.2, 0.25) is 5.02 Å². The van der Waals surface area contributed by atoms with E-state index in [0.29, 0.717) is 10.6 Å². The van der Waals surface area contributed by atoms with Crippen molar-refractivity contribution >= 4 is 23.4 Å². The van der Waals surface area contributed by atoms with Crippen molar-refractivity contribution in [3.05, 3.63) is 64.4 Å². The quantitative estimate of drug-likeness (QED) is 0.638. The third-order valence-corrected chi connectivity index (χ3v) is 2.75. The molecule has 0 fully saturated rings. The van der Waals surface area contributed by atoms with E-state index in [4.69, 9.17) is 11.6 Å². The van der Waals surface area contributed by atoms with Crippen molar-refractivity contribution in [2.75, 3.05) is 7.11 Å². The summed E-state index contributed by atoms with van der Waals surface area (Å²) < 4.78 is 4.61. The zero-order chi connectivity index (χ0) is 13.8. The third-order valence-electron chi connectivity index (χ3n) is 2.52. The molecule has 4 nitrogen and oxygen atoms in total. The fourth-order valence-corrected chi connectivity index (χ4v) is 1.82. The predicted molar refractivity (Wildman–Crippen MR) is 70.5 cm³/mol. The second-order valence-electron chi connectivity index (χ2n) is 3.73. The van der Waals surface area contributed by atoms with Crippen molar-refractivity contribution in [3.8, 4) is 0 Å². The number of hydrogen-bond donors (Lipinski definition) is 0. The molecule has 1 heterocycles. The number of esters is 1. The lowest BCUT2D eigenvalue weighted by atomic mass is 10.0. The number of hydrogen-bond acceptors (Lipinski definition) is 4. The molecule has 2 aromatic rings. The van der Waals surface area contributed by atoms with E-state index >= 15 is 0 Å². The second kappa shape index (κ2) is 5.63. The van der Waals surface area contributed by atoms with Gasteiger partial charge in [-0.3, -0.25) is 4.79 Å². The van der Waals surface area contributed by atoms with Crippen molar-refractivity contribution in [3.63, 3.8) is 0 Å². The van der Waals surface area contributed by atoms with Gasteiger partial charge in [0.1, 0.15) is 0 Å². The normalized spacial score (nSPS) is 10.0. The van der Waals surface area contributed by atoms with Crippen molar-refractivity contribution in [2.24, 2.45) is 0 Å². The minimum absolute atomic E-state index is 0.00465. The zero-order valence-corrected chi connectivity index (χ0v) is 10.8. The molecule has 1 aromatic heterocycles. The number of pyridine rings is 1. The fourth-order valence-electron chi connectivity index (χ4n) is 1.63. The van der Waals surface area contributed by atoms with Gasteiger partial charge < -0.3 is 4.74 Å². The first-order chi connectivity index (χ1) is 9.13. The van der Waals surface area contributed by atoms with Gasteiger partial charge in [0.15, 0.2) is 11.5 Å². The third kappa shape index (κ3) is 2.80. The molecule has 5 heteroatoms. The van der Waals surface area contributed by atoms with Gasteiger partial charge in [-0.1, -0.05) is 23.7 Å². The first-order valence-corrected chi connectivity index (χ1v) is 5.85. The minimum atomic E-state index is -0.647. The van der Waals surface area contributed by atoms with Gasteiger partial charge in [0.25, 0.3) is 0 Å². The molecule has 2 rings (SSSR count). The van der Waals surface area contributed by atoms with Crippen molar-refractivity contribution < 1.29 is 14.3 Å². The van der Waals surface area contributed by atoms with E-state index < -0.39 is 5.97 Å². The van der Waals surface area contributed by atoms with Gasteiger partial charge in [0, 0.05) is 16.8 Å². The highest BCUT2D eigenvalue weighted by molar-refractivity contribution is 6.31. The SMILES string of the molecule is COC(=O)c1ncccc1C(=O)c1cccc(Cl)c1. The molecular formula is C14H10ClNO3. The molecule has 0 spiro atoms. The highest BCUT2D eigenvalue weighted by Crippen LogP contribution is 2.17. The van der Waals surface area contributed by atoms with Crippen LogP contribution >= 0.6 is 11.6 Å². The summed E-state index contributed by atoms with van der Waals surface area (Å²) in [6.45, 7) is 0. The van der Waals surface area contributed by atoms with Gasteiger partial charge in [-0.05, 0) is 24.3 Å². The largest absolute Gasteiger partial charge is 0.464 e. The maximum Gasteiger partial charge on any atom is 0.357 e. The van der Waals surface area contributed by atoms with Crippen LogP contribution in [0.1, 0.15) is 26.4 Å². The number of benzene rings is 1. The molecule has 1 aromatic carbocycles. The number of aromatic nitrogens is 1. The number of ketones is 1. The van der Waals surface area contributed by atoms with Crippen molar-refractivity contribution in [2.45, 2.75) is 0 Å². The van der Waals surface area contributed by atoms with Gasteiger partial charge in [-0.15, -0.1) is 0 Å². The molecule has 0 atom stereocenters. The number of carbonyl (C=O) groups excluding carboxylic acids is 2. The Balaban J connectivity index is 2.47. The molecule has 0 amide bonds. The molecule has 0 saturated heterocycles. The van der Waals surface area contributed by atoms with Gasteiger partial charge in [-0.2, -0.15) is 0 Å². The molecule has 0 N–H and O–H groups in total. The van der Waals surface area contributed by atoms with Crippen LogP contribution in [0, 0.1) is 0 Å². The maximum atomic E-state index is 12.3. The standard InChI is InChI=1S/C14H10ClNO3/c1-19-14(18)12-11(6-3-7-16-12)13(17)9-4-2-5-10(15)8-9/h2-8H,1H3. The Bertz CT molecular complexity index is 640. The zero-order valence-electron chi connectivity index (χ0n) is 10.1. The molecule has 19 heavy (non-hydrogen) atoms. The number of nitrogens with zero attached hydrogens (tertiary/aromatic N) is 1. The lowest BCUT2D eigenvalue weighted by molar-refractivity contribution is 0.0590. The Kier molecular flexibility index (Phi) is 3.92. The lowest BCUT2D eigenvalue weighted by Crippen LogP contribution is -2.13. The smallest absolute Gasteiger partial charge is 0.357 e. The van der Waals surface area contributed by atoms with E-state index in [1.165, 1.54) is 25.4 Å². The van der Waals surface area contributed by atoms with Gasteiger partial charge in [0.2, 0.25) is 0 Å². The summed E-state index contributed by atoms with van der Waals surface area (Å²) in [5.74, 6) is -0.970. The Labute approximate surface area is 115 Å². The average Bonchev–Trinajstić information content (AvgIpc) is 2.45. The predicted octanol–water partition coefficient (Wildman–Crippen LogP) is 2.75. The Morgan fingerprint density at radius 2 is 2.00 bits per heavy atom. The topological polar surface area (TPSA) is 56.3 Å². The summed E-state index contributed by atoms with van der Waals surface area (Å²) in [4.78, 5) is 27.8. The van der Waals surface area contributed by atoms with Crippen LogP contribution in [0.15, 0.2) is 42.6 Å². The van der Waals surface area contributed by atoms with Crippen LogP contribution in [-0.4, -0.2) is 23.8 Å². The average molecular weight is 276 g/mol. The number of ether oxygens (including phenoxy) is 1. The van der Waals surface area contributed by atoms with Crippen LogP contribution in [0.5, 0.6) is 0 Å². The molecule has 0 aliphatic rings. The number of carbonyl (C=O) groups is 2. The summed E-state index contributed by atoms with van der Waals surface area (Å²) >= 11 is 5.85. The lowest BCUT2D eigenvalue weighted by Gasteiger charge is -2.06. The molecule has 0 aliphatic heterocycles. The summed E-state index contributed by atoms with van der Waals surface area (Å²) in [6, 6.07) is 9.62. The van der Waals surface area contributed by atoms with E-state index in [2.05, 4.69) is 9.72 Å². The Morgan fingerprint density at radius 1 is 1.21 bits per heavy atom. The van der Waals surface area contributed by atoms with Crippen molar-refractivity contribution in [1.82, 2.24) is 4.98 Å². The van der Waals surface area contributed by atoms with Crippen LogP contribution in [-0.2, 0) is 4.74 Å². The van der Waals surface area contributed by atoms with Crippen LogP contribution in [0.4, 0.5) is 0 Å². The summed E-state index contributed by atoms with van der Waals surface area (Å²) in [6.07, 6.45) is 1.43. The van der Waals surface area contributed by atoms with E-state index in [1.54, 1.807) is 24.3 Å². The van der Waals surface area contributed by atoms with Crippen LogP contribution in [0.3, 0.4) is 0 Å². The molecule has 96 valence electrons. The molecule has 0 bridgehead atoms. The first kappa shape index (κ1) is 13.2. The van der Waals surface area contributed by atoms with Gasteiger partial charge >= 0.3 is 5.97 Å². The van der Waals surface area contributed by atoms with Crippen LogP contribution in [0.25, 0.3) is 0 Å². The van der Waals surface area contributed by atoms with E-state index in [0.717, 1.165) is 0 Å². The van der Waals surface area contributed by atoms with Crippen molar-refractivity contribution in [1.29, 1.82) is 0 Å². The molecule has 0 aliphatic carbocycles. The molecule has 0 unspecified atom stereocenters. The maximum absolute atomic E-state index is 12.3. The first-order valence-electron chi connectivity index (χ1n) is 5.47. The summed E-state index contributed by atoms with van der Waals surface area (Å²) in [7, 11) is 1.24. The van der Waals surface area contributed by atoms with Crippen LogP contribution < -0.4 is 0 Å². The Hall–Kier alpha value is -2.20. The fraction of sp³-hybridized carbons (Fsp3) is 0.0714. The van der Waals surface area contributed by atoms with Gasteiger partial charge in [0.05, 0.1) is 12.7 Å². The monoisotopic (exact) mass is 275 g/mol. The molecule has 0 radical (unpaired) electrons. The summed E-state index contributed by atoms with van der Waals surface area (Å²) in [5, 5.41) is 0.453. The van der Waals surface area contributed by atoms with E-state index in [-0.39, 0.29) is 17.0 Å². The molecular weight excluding hydrogens is 266 g/mol. The minimum Gasteiger partial charge on any atom is -0.464 e. The number of halogens is 1. The highest BCUT2D eigenvalue weighted by Gasteiger charge is 2.19. The molecule has 0 saturated carbocycles. The Morgan fingerprint density at radius 3 is 2.68 bits per heavy atom. The summed E-state index contributed by atoms with van der Waals surface area (Å²) in [5.41, 5.74) is 0.581. The van der Waals surface area contributed by atoms with E-state index in [9.17, 15) is 9.59 Å². The highest BCUT2D eigenvalue weighted by atomic mass is 35.5. The number of methoxy groups -OCH3 is 1. The van der Waals surface area contributed by atoms with Gasteiger partial charge in [-0.25, -0.2) is 9.78 Å². The van der Waals surface area contributed by atoms with E-state index in [1.807, 2.05) is 0 Å².